The normalized spacial score (nSPS) is 21.7. The Hall–Kier alpha value is -2.38. The van der Waals surface area contributed by atoms with E-state index in [4.69, 9.17) is 4.74 Å². The van der Waals surface area contributed by atoms with Gasteiger partial charge in [-0.25, -0.2) is 4.98 Å². The molecular weight excluding hydrogens is 330 g/mol. The Labute approximate surface area is 153 Å². The van der Waals surface area contributed by atoms with Crippen molar-refractivity contribution in [2.24, 2.45) is 0 Å². The van der Waals surface area contributed by atoms with E-state index in [-0.39, 0.29) is 11.9 Å². The first-order valence-electron chi connectivity index (χ1n) is 9.04. The molecule has 2 aliphatic rings. The van der Waals surface area contributed by atoms with Crippen LogP contribution < -0.4 is 4.74 Å². The average Bonchev–Trinajstić information content (AvgIpc) is 3.13. The number of piperazine rings is 2. The van der Waals surface area contributed by atoms with Crippen LogP contribution in [0.5, 0.6) is 5.75 Å². The second kappa shape index (κ2) is 7.09. The summed E-state index contributed by atoms with van der Waals surface area (Å²) in [5.74, 6) is 2.06. The number of likely N-dealkylation sites (N-methyl/N-ethyl adjacent to an activating group) is 1. The fourth-order valence-electron chi connectivity index (χ4n) is 3.79. The average molecular weight is 355 g/mol. The van der Waals surface area contributed by atoms with Gasteiger partial charge in [-0.15, -0.1) is 0 Å². The number of aromatic nitrogens is 2. The number of benzene rings is 1. The molecule has 0 bridgehead atoms. The van der Waals surface area contributed by atoms with E-state index in [1.807, 2.05) is 48.6 Å². The molecule has 1 aromatic carbocycles. The number of ether oxygens (including phenoxy) is 1. The van der Waals surface area contributed by atoms with E-state index in [0.717, 1.165) is 56.5 Å². The van der Waals surface area contributed by atoms with Gasteiger partial charge in [-0.1, -0.05) is 0 Å². The molecule has 2 fully saturated rings. The van der Waals surface area contributed by atoms with Gasteiger partial charge >= 0.3 is 0 Å². The van der Waals surface area contributed by atoms with Crippen molar-refractivity contribution in [3.63, 3.8) is 0 Å². The zero-order valence-electron chi connectivity index (χ0n) is 15.3. The van der Waals surface area contributed by atoms with Crippen molar-refractivity contribution >= 4 is 5.91 Å². The lowest BCUT2D eigenvalue weighted by Crippen LogP contribution is -2.63. The molecule has 138 valence electrons. The Bertz CT molecular complexity index is 772. The number of imidazole rings is 1. The minimum Gasteiger partial charge on any atom is -0.497 e. The number of carbonyl (C=O) groups is 1. The molecule has 1 aromatic heterocycles. The van der Waals surface area contributed by atoms with Crippen molar-refractivity contribution in [1.82, 2.24) is 24.3 Å². The lowest BCUT2D eigenvalue weighted by atomic mass is 10.1. The van der Waals surface area contributed by atoms with Gasteiger partial charge in [0.1, 0.15) is 17.6 Å². The number of hydrogen-bond donors (Lipinski definition) is 0. The molecule has 7 nitrogen and oxygen atoms in total. The Balaban J connectivity index is 1.48. The monoisotopic (exact) mass is 355 g/mol. The second-order valence-corrected chi connectivity index (χ2v) is 6.96. The van der Waals surface area contributed by atoms with Crippen LogP contribution in [-0.2, 0) is 11.3 Å². The fourth-order valence-corrected chi connectivity index (χ4v) is 3.79. The first kappa shape index (κ1) is 17.1. The van der Waals surface area contributed by atoms with Gasteiger partial charge in [-0.2, -0.15) is 0 Å². The second-order valence-electron chi connectivity index (χ2n) is 6.96. The standard InChI is InChI=1S/C19H25N5O2/c1-21-9-11-23-12-10-22(13-17(23)19(21)25)14-18-20-7-8-24(18)15-3-5-16(26-2)6-4-15/h3-8,17H,9-14H2,1-2H3/t17-/m0/s1. The van der Waals surface area contributed by atoms with Crippen LogP contribution in [0, 0.1) is 0 Å². The largest absolute Gasteiger partial charge is 0.497 e. The molecule has 2 aromatic rings. The molecule has 2 saturated heterocycles. The highest BCUT2D eigenvalue weighted by Crippen LogP contribution is 2.20. The van der Waals surface area contributed by atoms with Crippen LogP contribution in [0.4, 0.5) is 0 Å². The van der Waals surface area contributed by atoms with E-state index >= 15 is 0 Å². The highest BCUT2D eigenvalue weighted by molar-refractivity contribution is 5.82. The van der Waals surface area contributed by atoms with Crippen LogP contribution in [0.3, 0.4) is 0 Å². The van der Waals surface area contributed by atoms with Crippen LogP contribution >= 0.6 is 0 Å². The van der Waals surface area contributed by atoms with Gasteiger partial charge in [0, 0.05) is 57.9 Å². The summed E-state index contributed by atoms with van der Waals surface area (Å²) < 4.78 is 7.33. The predicted molar refractivity (Wildman–Crippen MR) is 98.4 cm³/mol. The quantitative estimate of drug-likeness (QED) is 0.814. The molecule has 0 saturated carbocycles. The summed E-state index contributed by atoms with van der Waals surface area (Å²) in [5, 5.41) is 0. The minimum atomic E-state index is -0.0214. The van der Waals surface area contributed by atoms with Gasteiger partial charge in [-0.3, -0.25) is 14.6 Å². The zero-order chi connectivity index (χ0) is 18.1. The van der Waals surface area contributed by atoms with Gasteiger partial charge in [0.25, 0.3) is 0 Å². The summed E-state index contributed by atoms with van der Waals surface area (Å²) in [5.41, 5.74) is 1.06. The van der Waals surface area contributed by atoms with Crippen LogP contribution in [0.1, 0.15) is 5.82 Å². The first-order chi connectivity index (χ1) is 12.7. The smallest absolute Gasteiger partial charge is 0.241 e. The third-order valence-electron chi connectivity index (χ3n) is 5.39. The number of fused-ring (bicyclic) bond motifs is 1. The number of hydrogen-bond acceptors (Lipinski definition) is 5. The van der Waals surface area contributed by atoms with E-state index in [1.54, 1.807) is 7.11 Å². The molecular formula is C19H25N5O2. The van der Waals surface area contributed by atoms with E-state index in [9.17, 15) is 4.79 Å². The van der Waals surface area contributed by atoms with Crippen molar-refractivity contribution < 1.29 is 9.53 Å². The van der Waals surface area contributed by atoms with Crippen LogP contribution in [-0.4, -0.2) is 83.1 Å². The number of nitrogens with zero attached hydrogens (tertiary/aromatic N) is 5. The Kier molecular flexibility index (Phi) is 4.65. The lowest BCUT2D eigenvalue weighted by molar-refractivity contribution is -0.143. The van der Waals surface area contributed by atoms with E-state index in [2.05, 4.69) is 19.4 Å². The van der Waals surface area contributed by atoms with Crippen molar-refractivity contribution in [3.8, 4) is 11.4 Å². The Morgan fingerprint density at radius 1 is 1.15 bits per heavy atom. The lowest BCUT2D eigenvalue weighted by Gasteiger charge is -2.45. The van der Waals surface area contributed by atoms with E-state index in [0.29, 0.717) is 0 Å². The summed E-state index contributed by atoms with van der Waals surface area (Å²) in [6.45, 7) is 5.20. The Morgan fingerprint density at radius 3 is 2.69 bits per heavy atom. The summed E-state index contributed by atoms with van der Waals surface area (Å²) in [6.07, 6.45) is 3.81. The topological polar surface area (TPSA) is 53.8 Å². The number of carbonyl (C=O) groups excluding carboxylic acids is 1. The van der Waals surface area contributed by atoms with Gasteiger partial charge in [0.2, 0.25) is 5.91 Å². The molecule has 4 rings (SSSR count). The zero-order valence-corrected chi connectivity index (χ0v) is 15.3. The van der Waals surface area contributed by atoms with Crippen LogP contribution in [0.2, 0.25) is 0 Å². The third kappa shape index (κ3) is 3.20. The van der Waals surface area contributed by atoms with Crippen molar-refractivity contribution in [1.29, 1.82) is 0 Å². The fraction of sp³-hybridized carbons (Fsp3) is 0.474. The van der Waals surface area contributed by atoms with E-state index in [1.165, 1.54) is 0 Å². The highest BCUT2D eigenvalue weighted by Gasteiger charge is 2.37. The first-order valence-corrected chi connectivity index (χ1v) is 9.04. The Morgan fingerprint density at radius 2 is 1.92 bits per heavy atom. The van der Waals surface area contributed by atoms with Gasteiger partial charge in [0.15, 0.2) is 0 Å². The van der Waals surface area contributed by atoms with Crippen LogP contribution in [0.25, 0.3) is 5.69 Å². The van der Waals surface area contributed by atoms with Crippen molar-refractivity contribution in [2.75, 3.05) is 46.9 Å². The highest BCUT2D eigenvalue weighted by atomic mass is 16.5. The summed E-state index contributed by atoms with van der Waals surface area (Å²) >= 11 is 0. The maximum atomic E-state index is 12.5. The van der Waals surface area contributed by atoms with Crippen molar-refractivity contribution in [3.05, 3.63) is 42.5 Å². The number of amides is 1. The molecule has 1 amide bonds. The third-order valence-corrected chi connectivity index (χ3v) is 5.39. The molecule has 7 heteroatoms. The number of methoxy groups -OCH3 is 1. The molecule has 3 heterocycles. The predicted octanol–water partition coefficient (Wildman–Crippen LogP) is 0.839. The molecule has 0 unspecified atom stereocenters. The molecule has 26 heavy (non-hydrogen) atoms. The maximum Gasteiger partial charge on any atom is 0.241 e. The van der Waals surface area contributed by atoms with Gasteiger partial charge in [-0.05, 0) is 24.3 Å². The van der Waals surface area contributed by atoms with Crippen LogP contribution in [0.15, 0.2) is 36.7 Å². The SMILES string of the molecule is COc1ccc(-n2ccnc2CN2CCN3CCN(C)C(=O)[C@@H]3C2)cc1. The molecule has 0 N–H and O–H groups in total. The summed E-state index contributed by atoms with van der Waals surface area (Å²) in [4.78, 5) is 23.5. The van der Waals surface area contributed by atoms with Crippen molar-refractivity contribution in [2.45, 2.75) is 12.6 Å². The molecule has 2 aliphatic heterocycles. The molecule has 1 atom stereocenters. The van der Waals surface area contributed by atoms with Gasteiger partial charge < -0.3 is 14.2 Å². The molecule has 0 spiro atoms. The number of rotatable bonds is 4. The maximum absolute atomic E-state index is 12.5. The van der Waals surface area contributed by atoms with Gasteiger partial charge in [0.05, 0.1) is 13.7 Å². The molecule has 0 aliphatic carbocycles. The summed E-state index contributed by atoms with van der Waals surface area (Å²) in [7, 11) is 3.57. The van der Waals surface area contributed by atoms with E-state index < -0.39 is 0 Å². The molecule has 0 radical (unpaired) electrons. The summed E-state index contributed by atoms with van der Waals surface area (Å²) in [6, 6.07) is 7.94. The minimum absolute atomic E-state index is 0.0214.